The maximum atomic E-state index is 12.3. The van der Waals surface area contributed by atoms with Crippen LogP contribution in [0, 0.1) is 5.92 Å². The summed E-state index contributed by atoms with van der Waals surface area (Å²) in [4.78, 5) is 12.3. The number of nitrogens with one attached hydrogen (secondary N) is 1. The summed E-state index contributed by atoms with van der Waals surface area (Å²) in [6.07, 6.45) is 2.30. The van der Waals surface area contributed by atoms with E-state index in [9.17, 15) is 4.79 Å². The summed E-state index contributed by atoms with van der Waals surface area (Å²) in [5, 5.41) is 7.83. The molecule has 2 aliphatic rings. The second-order valence-electron chi connectivity index (χ2n) is 6.53. The first-order chi connectivity index (χ1) is 12.2. The van der Waals surface area contributed by atoms with Crippen molar-refractivity contribution < 1.29 is 14.3 Å². The third kappa shape index (κ3) is 3.68. The van der Waals surface area contributed by atoms with Crippen molar-refractivity contribution in [3.05, 3.63) is 39.5 Å². The monoisotopic (exact) mass is 377 g/mol. The van der Waals surface area contributed by atoms with Crippen molar-refractivity contribution in [2.75, 3.05) is 19.8 Å². The molecule has 6 heteroatoms. The quantitative estimate of drug-likeness (QED) is 0.878. The Labute approximate surface area is 156 Å². The number of hydrogen-bond donors (Lipinski definition) is 1. The number of ether oxygens (including phenoxy) is 2. The van der Waals surface area contributed by atoms with E-state index in [0.29, 0.717) is 24.8 Å². The normalized spacial score (nSPS) is 20.1. The molecule has 0 unspecified atom stereocenters. The molecule has 4 rings (SSSR count). The molecule has 1 saturated heterocycles. The van der Waals surface area contributed by atoms with Crippen LogP contribution >= 0.6 is 22.9 Å². The van der Waals surface area contributed by atoms with Gasteiger partial charge in [-0.3, -0.25) is 4.79 Å². The first-order valence-corrected chi connectivity index (χ1v) is 9.90. The van der Waals surface area contributed by atoms with Crippen LogP contribution in [0.25, 0.3) is 11.1 Å². The van der Waals surface area contributed by atoms with Gasteiger partial charge in [-0.05, 0) is 52.9 Å². The van der Waals surface area contributed by atoms with Crippen molar-refractivity contribution in [1.82, 2.24) is 5.32 Å². The molecule has 1 aromatic heterocycles. The summed E-state index contributed by atoms with van der Waals surface area (Å²) in [5.41, 5.74) is 3.39. The van der Waals surface area contributed by atoms with Gasteiger partial charge in [-0.1, -0.05) is 11.6 Å². The van der Waals surface area contributed by atoms with Gasteiger partial charge in [0.1, 0.15) is 11.9 Å². The van der Waals surface area contributed by atoms with Crippen LogP contribution in [0.5, 0.6) is 5.75 Å². The Balaban J connectivity index is 1.39. The summed E-state index contributed by atoms with van der Waals surface area (Å²) >= 11 is 8.09. The molecule has 0 saturated carbocycles. The molecule has 25 heavy (non-hydrogen) atoms. The molecular weight excluding hydrogens is 358 g/mol. The smallest absolute Gasteiger partial charge is 0.223 e. The van der Waals surface area contributed by atoms with Crippen LogP contribution in [-0.2, 0) is 16.0 Å². The van der Waals surface area contributed by atoms with E-state index in [2.05, 4.69) is 28.2 Å². The van der Waals surface area contributed by atoms with Gasteiger partial charge in [0.25, 0.3) is 0 Å². The lowest BCUT2D eigenvalue weighted by atomic mass is 9.99. The summed E-state index contributed by atoms with van der Waals surface area (Å²) in [5.74, 6) is 0.921. The van der Waals surface area contributed by atoms with Crippen LogP contribution in [-0.4, -0.2) is 31.8 Å². The van der Waals surface area contributed by atoms with Gasteiger partial charge in [0.2, 0.25) is 5.91 Å². The molecule has 2 aromatic rings. The van der Waals surface area contributed by atoms with Crippen molar-refractivity contribution >= 4 is 28.8 Å². The van der Waals surface area contributed by atoms with Crippen molar-refractivity contribution in [3.63, 3.8) is 0 Å². The maximum Gasteiger partial charge on any atom is 0.223 e. The number of thiophene rings is 1. The molecule has 0 bridgehead atoms. The number of hydrogen-bond acceptors (Lipinski definition) is 4. The van der Waals surface area contributed by atoms with Gasteiger partial charge in [0, 0.05) is 31.1 Å². The third-order valence-electron chi connectivity index (χ3n) is 4.80. The van der Waals surface area contributed by atoms with Crippen molar-refractivity contribution in [2.45, 2.75) is 25.4 Å². The SMILES string of the molecule is O=C(NC[C@@H]1Cc2cc(-c3ccsc3)cc(Cl)c2O1)C1CCOCC1. The van der Waals surface area contributed by atoms with Crippen LogP contribution in [0.15, 0.2) is 29.0 Å². The Kier molecular flexibility index (Phi) is 4.97. The van der Waals surface area contributed by atoms with Gasteiger partial charge in [-0.25, -0.2) is 0 Å². The second kappa shape index (κ2) is 7.36. The molecule has 0 aliphatic carbocycles. The highest BCUT2D eigenvalue weighted by molar-refractivity contribution is 7.08. The van der Waals surface area contributed by atoms with Crippen LogP contribution in [0.4, 0.5) is 0 Å². The lowest BCUT2D eigenvalue weighted by molar-refractivity contribution is -0.128. The average Bonchev–Trinajstić information content (AvgIpc) is 3.30. The van der Waals surface area contributed by atoms with Crippen LogP contribution in [0.1, 0.15) is 18.4 Å². The van der Waals surface area contributed by atoms with E-state index in [1.54, 1.807) is 11.3 Å². The van der Waals surface area contributed by atoms with Crippen molar-refractivity contribution in [1.29, 1.82) is 0 Å². The summed E-state index contributed by atoms with van der Waals surface area (Å²) in [7, 11) is 0. The minimum atomic E-state index is -0.0611. The number of amides is 1. The molecule has 2 aliphatic heterocycles. The highest BCUT2D eigenvalue weighted by Gasteiger charge is 2.28. The molecule has 1 aromatic carbocycles. The molecule has 3 heterocycles. The molecule has 0 radical (unpaired) electrons. The van der Waals surface area contributed by atoms with E-state index >= 15 is 0 Å². The number of rotatable bonds is 4. The number of halogens is 1. The number of carbonyl (C=O) groups excluding carboxylic acids is 1. The molecule has 1 fully saturated rings. The summed E-state index contributed by atoms with van der Waals surface area (Å²) < 4.78 is 11.3. The molecule has 4 nitrogen and oxygen atoms in total. The molecule has 1 amide bonds. The minimum absolute atomic E-state index is 0.0611. The Morgan fingerprint density at radius 3 is 2.88 bits per heavy atom. The number of fused-ring (bicyclic) bond motifs is 1. The Morgan fingerprint density at radius 2 is 2.12 bits per heavy atom. The van der Waals surface area contributed by atoms with Gasteiger partial charge >= 0.3 is 0 Å². The predicted octanol–water partition coefficient (Wildman–Crippen LogP) is 3.91. The van der Waals surface area contributed by atoms with Crippen molar-refractivity contribution in [2.24, 2.45) is 5.92 Å². The topological polar surface area (TPSA) is 47.6 Å². The fraction of sp³-hybridized carbons (Fsp3) is 0.421. The third-order valence-corrected chi connectivity index (χ3v) is 5.77. The average molecular weight is 378 g/mol. The minimum Gasteiger partial charge on any atom is -0.486 e. The largest absolute Gasteiger partial charge is 0.486 e. The lowest BCUT2D eigenvalue weighted by Crippen LogP contribution is -2.39. The van der Waals surface area contributed by atoms with E-state index in [1.165, 1.54) is 5.56 Å². The predicted molar refractivity (Wildman–Crippen MR) is 99.4 cm³/mol. The fourth-order valence-corrected chi connectivity index (χ4v) is 4.36. The molecule has 0 spiro atoms. The Hall–Kier alpha value is -1.56. The zero-order chi connectivity index (χ0) is 17.2. The van der Waals surface area contributed by atoms with Crippen LogP contribution in [0.3, 0.4) is 0 Å². The van der Waals surface area contributed by atoms with E-state index in [1.807, 2.05) is 6.07 Å². The number of carbonyl (C=O) groups is 1. The number of benzene rings is 1. The molecular formula is C19H20ClNO3S. The first-order valence-electron chi connectivity index (χ1n) is 8.58. The molecule has 1 N–H and O–H groups in total. The van der Waals surface area contributed by atoms with E-state index in [4.69, 9.17) is 21.1 Å². The highest BCUT2D eigenvalue weighted by Crippen LogP contribution is 2.39. The lowest BCUT2D eigenvalue weighted by Gasteiger charge is -2.22. The highest BCUT2D eigenvalue weighted by atomic mass is 35.5. The fourth-order valence-electron chi connectivity index (χ4n) is 3.42. The standard InChI is InChI=1S/C19H20ClNO3S/c20-17-9-14(13-3-6-25-11-13)7-15-8-16(24-18(15)17)10-21-19(22)12-1-4-23-5-2-12/h3,6-7,9,11-12,16H,1-2,4-5,8,10H2,(H,21,22)/t16-/m0/s1. The van der Waals surface area contributed by atoms with E-state index in [-0.39, 0.29) is 17.9 Å². The molecule has 132 valence electrons. The van der Waals surface area contributed by atoms with Gasteiger partial charge in [-0.15, -0.1) is 0 Å². The van der Waals surface area contributed by atoms with E-state index < -0.39 is 0 Å². The van der Waals surface area contributed by atoms with Gasteiger partial charge in [0.15, 0.2) is 0 Å². The van der Waals surface area contributed by atoms with Crippen LogP contribution < -0.4 is 10.1 Å². The van der Waals surface area contributed by atoms with Crippen molar-refractivity contribution in [3.8, 4) is 16.9 Å². The Bertz CT molecular complexity index is 756. The second-order valence-corrected chi connectivity index (χ2v) is 7.72. The van der Waals surface area contributed by atoms with Gasteiger partial charge in [-0.2, -0.15) is 11.3 Å². The first kappa shape index (κ1) is 16.9. The zero-order valence-electron chi connectivity index (χ0n) is 13.8. The van der Waals surface area contributed by atoms with Gasteiger partial charge < -0.3 is 14.8 Å². The Morgan fingerprint density at radius 1 is 1.28 bits per heavy atom. The summed E-state index contributed by atoms with van der Waals surface area (Å²) in [6.45, 7) is 1.85. The van der Waals surface area contributed by atoms with E-state index in [0.717, 1.165) is 36.1 Å². The summed E-state index contributed by atoms with van der Waals surface area (Å²) in [6, 6.07) is 6.18. The van der Waals surface area contributed by atoms with Gasteiger partial charge in [0.05, 0.1) is 11.6 Å². The van der Waals surface area contributed by atoms with Crippen LogP contribution in [0.2, 0.25) is 5.02 Å². The maximum absolute atomic E-state index is 12.3. The molecule has 1 atom stereocenters. The zero-order valence-corrected chi connectivity index (χ0v) is 15.4.